The first-order valence-corrected chi connectivity index (χ1v) is 9.12. The van der Waals surface area contributed by atoms with Gasteiger partial charge in [-0.3, -0.25) is 0 Å². The molecular formula is C19H28IN7O. The summed E-state index contributed by atoms with van der Waals surface area (Å²) in [6.45, 7) is 10.1. The monoisotopic (exact) mass is 497 g/mol. The van der Waals surface area contributed by atoms with Crippen LogP contribution < -0.4 is 10.2 Å². The van der Waals surface area contributed by atoms with Crippen LogP contribution in [0, 0.1) is 6.92 Å². The Kier molecular flexibility index (Phi) is 8.09. The van der Waals surface area contributed by atoms with E-state index in [4.69, 9.17) is 4.99 Å². The van der Waals surface area contributed by atoms with E-state index in [-0.39, 0.29) is 24.0 Å². The lowest BCUT2D eigenvalue weighted by Crippen LogP contribution is -2.52. The summed E-state index contributed by atoms with van der Waals surface area (Å²) in [6, 6.07) is 7.46. The van der Waals surface area contributed by atoms with Crippen LogP contribution in [0.3, 0.4) is 0 Å². The molecule has 2 N–H and O–H groups in total. The molecule has 2 heterocycles. The summed E-state index contributed by atoms with van der Waals surface area (Å²) in [7, 11) is 1.95. The Morgan fingerprint density at radius 3 is 2.57 bits per heavy atom. The van der Waals surface area contributed by atoms with Gasteiger partial charge in [0.15, 0.2) is 11.8 Å². The fourth-order valence-corrected chi connectivity index (χ4v) is 3.06. The average molecular weight is 497 g/mol. The highest BCUT2D eigenvalue weighted by atomic mass is 127. The Morgan fingerprint density at radius 2 is 1.96 bits per heavy atom. The zero-order valence-corrected chi connectivity index (χ0v) is 18.7. The number of para-hydroxylation sites is 2. The number of aromatic nitrogens is 3. The molecule has 0 spiro atoms. The number of aryl methyl sites for hydroxylation is 1. The summed E-state index contributed by atoms with van der Waals surface area (Å²) in [4.78, 5) is 9.16. The van der Waals surface area contributed by atoms with E-state index in [2.05, 4.69) is 31.9 Å². The summed E-state index contributed by atoms with van der Waals surface area (Å²) in [5, 5.41) is 21.7. The van der Waals surface area contributed by atoms with E-state index in [1.165, 1.54) is 0 Å². The van der Waals surface area contributed by atoms with Crippen LogP contribution in [0.15, 0.2) is 41.9 Å². The highest BCUT2D eigenvalue weighted by molar-refractivity contribution is 14.0. The number of rotatable bonds is 5. The number of guanidine groups is 1. The second kappa shape index (κ2) is 10.3. The molecule has 3 rings (SSSR count). The van der Waals surface area contributed by atoms with E-state index in [1.807, 2.05) is 42.8 Å². The van der Waals surface area contributed by atoms with Gasteiger partial charge in [-0.1, -0.05) is 18.2 Å². The van der Waals surface area contributed by atoms with Gasteiger partial charge in [0.25, 0.3) is 0 Å². The molecule has 28 heavy (non-hydrogen) atoms. The topological polar surface area (TPSA) is 81.8 Å². The molecule has 1 saturated heterocycles. The Morgan fingerprint density at radius 1 is 1.25 bits per heavy atom. The van der Waals surface area contributed by atoms with Gasteiger partial charge in [-0.25, -0.2) is 4.99 Å². The molecule has 8 nitrogen and oxygen atoms in total. The van der Waals surface area contributed by atoms with Crippen molar-refractivity contribution in [1.82, 2.24) is 25.0 Å². The zero-order chi connectivity index (χ0) is 19.2. The van der Waals surface area contributed by atoms with E-state index in [0.717, 1.165) is 49.5 Å². The van der Waals surface area contributed by atoms with Crippen molar-refractivity contribution in [3.8, 4) is 5.75 Å². The first-order chi connectivity index (χ1) is 13.1. The molecule has 9 heteroatoms. The van der Waals surface area contributed by atoms with Gasteiger partial charge in [0.1, 0.15) is 18.1 Å². The number of piperazine rings is 1. The van der Waals surface area contributed by atoms with Crippen LogP contribution in [0.25, 0.3) is 0 Å². The molecule has 0 aliphatic carbocycles. The number of hydrogen-bond donors (Lipinski definition) is 2. The second-order valence-corrected chi connectivity index (χ2v) is 6.49. The summed E-state index contributed by atoms with van der Waals surface area (Å²) in [6.07, 6.45) is 1.82. The van der Waals surface area contributed by atoms with Gasteiger partial charge in [0, 0.05) is 39.8 Å². The molecule has 1 fully saturated rings. The zero-order valence-electron chi connectivity index (χ0n) is 16.4. The van der Waals surface area contributed by atoms with E-state index >= 15 is 0 Å². The Hall–Kier alpha value is -2.30. The van der Waals surface area contributed by atoms with Crippen LogP contribution in [-0.2, 0) is 13.6 Å². The van der Waals surface area contributed by atoms with Gasteiger partial charge >= 0.3 is 0 Å². The smallest absolute Gasteiger partial charge is 0.194 e. The molecule has 1 aromatic heterocycles. The van der Waals surface area contributed by atoms with Crippen molar-refractivity contribution < 1.29 is 5.11 Å². The summed E-state index contributed by atoms with van der Waals surface area (Å²) in [5.41, 5.74) is 0.879. The molecular weight excluding hydrogens is 469 g/mol. The maximum Gasteiger partial charge on any atom is 0.194 e. The third kappa shape index (κ3) is 5.15. The van der Waals surface area contributed by atoms with E-state index in [9.17, 15) is 5.11 Å². The molecule has 0 unspecified atom stereocenters. The highest BCUT2D eigenvalue weighted by Gasteiger charge is 2.21. The van der Waals surface area contributed by atoms with Gasteiger partial charge in [0.05, 0.1) is 5.69 Å². The molecule has 152 valence electrons. The van der Waals surface area contributed by atoms with Crippen molar-refractivity contribution in [3.63, 3.8) is 0 Å². The van der Waals surface area contributed by atoms with Crippen molar-refractivity contribution in [2.45, 2.75) is 13.5 Å². The van der Waals surface area contributed by atoms with Crippen molar-refractivity contribution >= 4 is 35.6 Å². The SMILES string of the molecule is C=CCNC(=NCc1nnc(C)n1C)N1CCN(c2ccccc2O)CC1.I. The predicted molar refractivity (Wildman–Crippen MR) is 122 cm³/mol. The highest BCUT2D eigenvalue weighted by Crippen LogP contribution is 2.27. The van der Waals surface area contributed by atoms with Gasteiger partial charge in [-0.05, 0) is 19.1 Å². The molecule has 1 aliphatic rings. The largest absolute Gasteiger partial charge is 0.506 e. The average Bonchev–Trinajstić information content (AvgIpc) is 3.01. The lowest BCUT2D eigenvalue weighted by Gasteiger charge is -2.37. The number of anilines is 1. The summed E-state index contributed by atoms with van der Waals surface area (Å²) >= 11 is 0. The Bertz CT molecular complexity index is 812. The quantitative estimate of drug-likeness (QED) is 0.284. The first-order valence-electron chi connectivity index (χ1n) is 9.12. The minimum absolute atomic E-state index is 0. The molecule has 0 amide bonds. The number of nitrogens with zero attached hydrogens (tertiary/aromatic N) is 6. The van der Waals surface area contributed by atoms with Crippen molar-refractivity contribution in [1.29, 1.82) is 0 Å². The van der Waals surface area contributed by atoms with E-state index in [0.29, 0.717) is 18.8 Å². The number of benzene rings is 1. The third-order valence-electron chi connectivity index (χ3n) is 4.76. The lowest BCUT2D eigenvalue weighted by atomic mass is 10.2. The van der Waals surface area contributed by atoms with E-state index < -0.39 is 0 Å². The minimum atomic E-state index is 0. The number of aromatic hydroxyl groups is 1. The van der Waals surface area contributed by atoms with Crippen molar-refractivity contribution in [2.24, 2.45) is 12.0 Å². The summed E-state index contributed by atoms with van der Waals surface area (Å²) in [5.74, 6) is 2.87. The fraction of sp³-hybridized carbons (Fsp3) is 0.421. The van der Waals surface area contributed by atoms with Crippen LogP contribution in [-0.4, -0.2) is 63.5 Å². The number of hydrogen-bond acceptors (Lipinski definition) is 5. The predicted octanol–water partition coefficient (Wildman–Crippen LogP) is 1.90. The Labute approximate surface area is 183 Å². The van der Waals surface area contributed by atoms with Gasteiger partial charge < -0.3 is 24.8 Å². The van der Waals surface area contributed by atoms with Crippen LogP contribution >= 0.6 is 24.0 Å². The molecule has 0 saturated carbocycles. The van der Waals surface area contributed by atoms with Gasteiger partial charge in [-0.2, -0.15) is 0 Å². The molecule has 0 radical (unpaired) electrons. The number of nitrogens with one attached hydrogen (secondary N) is 1. The number of aliphatic imine (C=N–C) groups is 1. The van der Waals surface area contributed by atoms with Crippen LogP contribution in [0.5, 0.6) is 5.75 Å². The van der Waals surface area contributed by atoms with Gasteiger partial charge in [0.2, 0.25) is 0 Å². The summed E-state index contributed by atoms with van der Waals surface area (Å²) < 4.78 is 1.95. The van der Waals surface area contributed by atoms with Gasteiger partial charge in [-0.15, -0.1) is 40.8 Å². The van der Waals surface area contributed by atoms with E-state index in [1.54, 1.807) is 6.07 Å². The van der Waals surface area contributed by atoms with Crippen LogP contribution in [0.2, 0.25) is 0 Å². The number of phenolic OH excluding ortho intramolecular Hbond substituents is 1. The fourth-order valence-electron chi connectivity index (χ4n) is 3.06. The molecule has 1 aliphatic heterocycles. The molecule has 2 aromatic rings. The Balaban J connectivity index is 0.00000280. The first kappa shape index (κ1) is 22.0. The molecule has 0 bridgehead atoms. The second-order valence-electron chi connectivity index (χ2n) is 6.49. The molecule has 0 atom stereocenters. The maximum absolute atomic E-state index is 10.1. The number of halogens is 1. The third-order valence-corrected chi connectivity index (χ3v) is 4.76. The lowest BCUT2D eigenvalue weighted by molar-refractivity contribution is 0.370. The normalized spacial score (nSPS) is 14.6. The van der Waals surface area contributed by atoms with Crippen molar-refractivity contribution in [2.75, 3.05) is 37.6 Å². The maximum atomic E-state index is 10.1. The number of phenols is 1. The van der Waals surface area contributed by atoms with Crippen molar-refractivity contribution in [3.05, 3.63) is 48.6 Å². The molecule has 1 aromatic carbocycles. The van der Waals surface area contributed by atoms with Crippen LogP contribution in [0.1, 0.15) is 11.6 Å². The standard InChI is InChI=1S/C19H27N7O.HI/c1-4-9-20-19(21-14-18-23-22-15(2)24(18)3)26-12-10-25(11-13-26)16-7-5-6-8-17(16)27;/h4-8,27H,1,9-14H2,2-3H3,(H,20,21);1H. The minimum Gasteiger partial charge on any atom is -0.506 e. The van der Waals surface area contributed by atoms with Crippen LogP contribution in [0.4, 0.5) is 5.69 Å².